The van der Waals surface area contributed by atoms with Crippen LogP contribution in [-0.2, 0) is 0 Å². The molecule has 0 saturated heterocycles. The highest BCUT2D eigenvalue weighted by Crippen LogP contribution is 1.93. The van der Waals surface area contributed by atoms with Crippen molar-refractivity contribution in [2.45, 2.75) is 0 Å². The molecule has 1 heterocycles. The predicted molar refractivity (Wildman–Crippen MR) is 37.6 cm³/mol. The van der Waals surface area contributed by atoms with Crippen LogP contribution in [0.3, 0.4) is 0 Å². The molecule has 0 bridgehead atoms. The van der Waals surface area contributed by atoms with Crippen molar-refractivity contribution in [1.29, 1.82) is 5.41 Å². The van der Waals surface area contributed by atoms with E-state index in [0.717, 1.165) is 0 Å². The molecule has 1 aromatic rings. The maximum Gasteiger partial charge on any atom is 0.143 e. The molecule has 3 N–H and O–H groups in total. The standard InChI is InChI=1S/C4H6N4S/c5-4(6)3-1-2-8(9)7-3/h1-2,9H,(H3,5,6). The summed E-state index contributed by atoms with van der Waals surface area (Å²) in [6, 6.07) is 1.62. The number of hydrogen-bond donors (Lipinski definition) is 3. The second-order valence-corrected chi connectivity index (χ2v) is 1.94. The first-order valence-corrected chi connectivity index (χ1v) is 2.69. The minimum atomic E-state index is -0.0391. The Hall–Kier alpha value is -0.970. The summed E-state index contributed by atoms with van der Waals surface area (Å²) in [4.78, 5) is 0. The first-order valence-electron chi connectivity index (χ1n) is 2.29. The molecule has 9 heavy (non-hydrogen) atoms. The van der Waals surface area contributed by atoms with Gasteiger partial charge in [-0.1, -0.05) is 0 Å². The Labute approximate surface area is 57.7 Å². The number of thiol groups is 1. The Bertz CT molecular complexity index is 228. The van der Waals surface area contributed by atoms with Crippen molar-refractivity contribution in [3.8, 4) is 0 Å². The second-order valence-electron chi connectivity index (χ2n) is 1.54. The van der Waals surface area contributed by atoms with Gasteiger partial charge >= 0.3 is 0 Å². The van der Waals surface area contributed by atoms with Gasteiger partial charge < -0.3 is 5.73 Å². The van der Waals surface area contributed by atoms with E-state index in [-0.39, 0.29) is 5.84 Å². The average Bonchev–Trinajstić information content (AvgIpc) is 2.14. The zero-order valence-corrected chi connectivity index (χ0v) is 5.47. The van der Waals surface area contributed by atoms with E-state index in [4.69, 9.17) is 11.1 Å². The summed E-state index contributed by atoms with van der Waals surface area (Å²) < 4.78 is 1.30. The van der Waals surface area contributed by atoms with Gasteiger partial charge in [0.2, 0.25) is 0 Å². The molecule has 0 radical (unpaired) electrons. The van der Waals surface area contributed by atoms with Crippen LogP contribution < -0.4 is 5.73 Å². The molecule has 0 unspecified atom stereocenters. The van der Waals surface area contributed by atoms with E-state index in [9.17, 15) is 0 Å². The Morgan fingerprint density at radius 2 is 2.56 bits per heavy atom. The molecule has 0 spiro atoms. The van der Waals surface area contributed by atoms with E-state index in [1.54, 1.807) is 12.3 Å². The van der Waals surface area contributed by atoms with Gasteiger partial charge in [0, 0.05) is 6.20 Å². The minimum absolute atomic E-state index is 0.0391. The summed E-state index contributed by atoms with van der Waals surface area (Å²) in [5.41, 5.74) is 5.55. The Balaban J connectivity index is 2.98. The fourth-order valence-electron chi connectivity index (χ4n) is 0.458. The van der Waals surface area contributed by atoms with Crippen molar-refractivity contribution in [3.05, 3.63) is 18.0 Å². The second kappa shape index (κ2) is 2.10. The van der Waals surface area contributed by atoms with E-state index < -0.39 is 0 Å². The van der Waals surface area contributed by atoms with Crippen molar-refractivity contribution >= 4 is 18.7 Å². The third-order valence-electron chi connectivity index (χ3n) is 0.852. The maximum atomic E-state index is 6.92. The summed E-state index contributed by atoms with van der Waals surface area (Å²) in [5, 5.41) is 10.7. The number of nitrogens with one attached hydrogen (secondary N) is 1. The predicted octanol–water partition coefficient (Wildman–Crippen LogP) is -0.140. The Kier molecular flexibility index (Phi) is 1.44. The van der Waals surface area contributed by atoms with Crippen molar-refractivity contribution in [3.63, 3.8) is 0 Å². The van der Waals surface area contributed by atoms with Crippen LogP contribution in [0.1, 0.15) is 5.69 Å². The summed E-state index contributed by atoms with van der Waals surface area (Å²) in [7, 11) is 0. The monoisotopic (exact) mass is 142 g/mol. The quantitative estimate of drug-likeness (QED) is 0.290. The molecule has 0 saturated carbocycles. The molecule has 0 aliphatic carbocycles. The van der Waals surface area contributed by atoms with Crippen LogP contribution in [0.4, 0.5) is 0 Å². The van der Waals surface area contributed by atoms with E-state index in [1.807, 2.05) is 0 Å². The smallest absolute Gasteiger partial charge is 0.143 e. The van der Waals surface area contributed by atoms with Crippen LogP contribution in [0.25, 0.3) is 0 Å². The zero-order valence-electron chi connectivity index (χ0n) is 4.57. The molecule has 0 aliphatic heterocycles. The molecule has 48 valence electrons. The van der Waals surface area contributed by atoms with Crippen LogP contribution in [-0.4, -0.2) is 15.0 Å². The Morgan fingerprint density at radius 3 is 2.78 bits per heavy atom. The number of hydrogen-bond acceptors (Lipinski definition) is 3. The largest absolute Gasteiger partial charge is 0.382 e. The zero-order chi connectivity index (χ0) is 6.85. The number of amidine groups is 1. The Morgan fingerprint density at radius 1 is 1.89 bits per heavy atom. The lowest BCUT2D eigenvalue weighted by Gasteiger charge is -1.86. The van der Waals surface area contributed by atoms with Gasteiger partial charge in [0.05, 0.1) is 0 Å². The summed E-state index contributed by atoms with van der Waals surface area (Å²) in [6.45, 7) is 0. The summed E-state index contributed by atoms with van der Waals surface area (Å²) in [6.07, 6.45) is 1.61. The highest BCUT2D eigenvalue weighted by atomic mass is 32.1. The van der Waals surface area contributed by atoms with Gasteiger partial charge in [-0.3, -0.25) is 5.41 Å². The molecule has 0 aliphatic rings. The van der Waals surface area contributed by atoms with Crippen LogP contribution >= 0.6 is 12.8 Å². The number of nitrogens with zero attached hydrogens (tertiary/aromatic N) is 2. The lowest BCUT2D eigenvalue weighted by atomic mass is 10.4. The number of nitrogens with two attached hydrogens (primary N) is 1. The lowest BCUT2D eigenvalue weighted by Crippen LogP contribution is -2.11. The normalized spacial score (nSPS) is 9.44. The van der Waals surface area contributed by atoms with Crippen molar-refractivity contribution in [1.82, 2.24) is 9.19 Å². The van der Waals surface area contributed by atoms with Gasteiger partial charge in [-0.2, -0.15) is 5.10 Å². The first-order chi connectivity index (χ1) is 4.20. The van der Waals surface area contributed by atoms with E-state index in [1.165, 1.54) is 4.09 Å². The molecule has 5 heteroatoms. The van der Waals surface area contributed by atoms with Crippen molar-refractivity contribution in [2.75, 3.05) is 0 Å². The molecule has 0 fully saturated rings. The van der Waals surface area contributed by atoms with Crippen molar-refractivity contribution < 1.29 is 0 Å². The van der Waals surface area contributed by atoms with Crippen LogP contribution in [0.15, 0.2) is 12.3 Å². The number of rotatable bonds is 1. The van der Waals surface area contributed by atoms with Gasteiger partial charge in [0.15, 0.2) is 0 Å². The van der Waals surface area contributed by atoms with E-state index in [0.29, 0.717) is 5.69 Å². The van der Waals surface area contributed by atoms with Gasteiger partial charge in [0.25, 0.3) is 0 Å². The molecule has 4 nitrogen and oxygen atoms in total. The molecular weight excluding hydrogens is 136 g/mol. The number of aromatic nitrogens is 2. The van der Waals surface area contributed by atoms with E-state index >= 15 is 0 Å². The van der Waals surface area contributed by atoms with Gasteiger partial charge in [-0.25, -0.2) is 4.09 Å². The summed E-state index contributed by atoms with van der Waals surface area (Å²) >= 11 is 3.85. The third kappa shape index (κ3) is 1.23. The molecular formula is C4H6N4S. The third-order valence-corrected chi connectivity index (χ3v) is 1.07. The highest BCUT2D eigenvalue weighted by Gasteiger charge is 1.97. The van der Waals surface area contributed by atoms with Gasteiger partial charge in [0.1, 0.15) is 11.5 Å². The van der Waals surface area contributed by atoms with Gasteiger partial charge in [-0.05, 0) is 18.9 Å². The van der Waals surface area contributed by atoms with E-state index in [2.05, 4.69) is 17.9 Å². The minimum Gasteiger partial charge on any atom is -0.382 e. The van der Waals surface area contributed by atoms with Crippen LogP contribution in [0.2, 0.25) is 0 Å². The lowest BCUT2D eigenvalue weighted by molar-refractivity contribution is 1.01. The average molecular weight is 142 g/mol. The maximum absolute atomic E-state index is 6.92. The SMILES string of the molecule is N=C(N)c1ccn(S)n1. The molecule has 1 rings (SSSR count). The summed E-state index contributed by atoms with van der Waals surface area (Å²) in [5.74, 6) is -0.0391. The van der Waals surface area contributed by atoms with Gasteiger partial charge in [-0.15, -0.1) is 0 Å². The molecule has 0 atom stereocenters. The fraction of sp³-hybridized carbons (Fsp3) is 0. The number of nitrogen functional groups attached to an aromatic ring is 1. The first kappa shape index (κ1) is 6.15. The fourth-order valence-corrected chi connectivity index (χ4v) is 0.621. The van der Waals surface area contributed by atoms with Crippen molar-refractivity contribution in [2.24, 2.45) is 5.73 Å². The van der Waals surface area contributed by atoms with Crippen LogP contribution in [0, 0.1) is 5.41 Å². The molecule has 0 amide bonds. The highest BCUT2D eigenvalue weighted by molar-refractivity contribution is 7.78. The molecule has 0 aromatic carbocycles. The van der Waals surface area contributed by atoms with Crippen LogP contribution in [0.5, 0.6) is 0 Å². The topological polar surface area (TPSA) is 67.7 Å². The molecule has 1 aromatic heterocycles.